The highest BCUT2D eigenvalue weighted by Crippen LogP contribution is 2.17. The summed E-state index contributed by atoms with van der Waals surface area (Å²) in [5.41, 5.74) is 9.72. The first-order chi connectivity index (χ1) is 11.2. The van der Waals surface area contributed by atoms with Gasteiger partial charge in [0.2, 0.25) is 0 Å². The number of rotatable bonds is 8. The molecule has 1 rings (SSSR count). The molecule has 1 aliphatic heterocycles. The molecule has 0 aromatic carbocycles. The molecule has 0 amide bonds. The minimum atomic E-state index is 0.595. The zero-order valence-corrected chi connectivity index (χ0v) is 15.0. The summed E-state index contributed by atoms with van der Waals surface area (Å²) in [4.78, 5) is 0. The van der Waals surface area contributed by atoms with E-state index >= 15 is 0 Å². The van der Waals surface area contributed by atoms with Crippen molar-refractivity contribution in [2.45, 2.75) is 52.4 Å². The molecule has 0 saturated heterocycles. The van der Waals surface area contributed by atoms with E-state index in [4.69, 9.17) is 5.73 Å². The van der Waals surface area contributed by atoms with Gasteiger partial charge >= 0.3 is 0 Å². The number of hydrogen-bond acceptors (Lipinski definition) is 2. The van der Waals surface area contributed by atoms with E-state index in [2.05, 4.69) is 56.1 Å². The van der Waals surface area contributed by atoms with Crippen molar-refractivity contribution in [1.29, 1.82) is 0 Å². The fourth-order valence-electron chi connectivity index (χ4n) is 2.94. The van der Waals surface area contributed by atoms with Crippen LogP contribution in [0.3, 0.4) is 0 Å². The molecule has 0 fully saturated rings. The minimum Gasteiger partial charge on any atom is -0.388 e. The molecule has 23 heavy (non-hydrogen) atoms. The van der Waals surface area contributed by atoms with Crippen LogP contribution in [0.1, 0.15) is 52.4 Å². The lowest BCUT2D eigenvalue weighted by molar-refractivity contribution is 0.515. The van der Waals surface area contributed by atoms with Gasteiger partial charge in [-0.3, -0.25) is 0 Å². The maximum atomic E-state index is 5.57. The lowest BCUT2D eigenvalue weighted by Gasteiger charge is -2.19. The van der Waals surface area contributed by atoms with Gasteiger partial charge in [0.1, 0.15) is 0 Å². The third kappa shape index (κ3) is 8.03. The molecule has 2 heteroatoms. The van der Waals surface area contributed by atoms with Crippen LogP contribution in [0.25, 0.3) is 0 Å². The summed E-state index contributed by atoms with van der Waals surface area (Å²) in [7, 11) is 0. The van der Waals surface area contributed by atoms with E-state index in [1.807, 2.05) is 6.08 Å². The van der Waals surface area contributed by atoms with Crippen LogP contribution in [0.4, 0.5) is 0 Å². The van der Waals surface area contributed by atoms with Crippen molar-refractivity contribution in [1.82, 2.24) is 5.32 Å². The fourth-order valence-corrected chi connectivity index (χ4v) is 2.94. The predicted octanol–water partition coefficient (Wildman–Crippen LogP) is 5.02. The van der Waals surface area contributed by atoms with Gasteiger partial charge in [-0.15, -0.1) is 0 Å². The van der Waals surface area contributed by atoms with Crippen LogP contribution < -0.4 is 11.1 Å². The summed E-state index contributed by atoms with van der Waals surface area (Å²) in [6, 6.07) is 0. The van der Waals surface area contributed by atoms with Crippen LogP contribution in [-0.4, -0.2) is 13.1 Å². The molecule has 0 aromatic heterocycles. The van der Waals surface area contributed by atoms with Gasteiger partial charge in [0.15, 0.2) is 0 Å². The number of nitrogens with two attached hydrogens (primary N) is 1. The SMILES string of the molecule is C=C/C(=C/CN)CCCCC1C=C/C=C\C/C(C)=C(/CC)NC1. The first kappa shape index (κ1) is 19.5. The van der Waals surface area contributed by atoms with Crippen molar-refractivity contribution >= 4 is 0 Å². The summed E-state index contributed by atoms with van der Waals surface area (Å²) < 4.78 is 0. The van der Waals surface area contributed by atoms with E-state index in [1.54, 1.807) is 0 Å². The Labute approximate surface area is 142 Å². The molecule has 0 radical (unpaired) electrons. The Morgan fingerprint density at radius 3 is 2.91 bits per heavy atom. The fraction of sp³-hybridized carbons (Fsp3) is 0.524. The van der Waals surface area contributed by atoms with Crippen LogP contribution in [0.15, 0.2) is 59.9 Å². The molecule has 0 aromatic rings. The quantitative estimate of drug-likeness (QED) is 0.487. The van der Waals surface area contributed by atoms with Gasteiger partial charge in [-0.1, -0.05) is 67.5 Å². The highest BCUT2D eigenvalue weighted by molar-refractivity contribution is 5.18. The number of hydrogen-bond donors (Lipinski definition) is 2. The molecule has 0 spiro atoms. The molecule has 0 aliphatic carbocycles. The summed E-state index contributed by atoms with van der Waals surface area (Å²) in [6.45, 7) is 9.96. The third-order valence-corrected chi connectivity index (χ3v) is 4.43. The zero-order valence-electron chi connectivity index (χ0n) is 15.0. The molecule has 1 heterocycles. The zero-order chi connectivity index (χ0) is 16.9. The molecule has 1 aliphatic rings. The Balaban J connectivity index is 2.48. The third-order valence-electron chi connectivity index (χ3n) is 4.43. The Bertz CT molecular complexity index is 466. The second-order valence-corrected chi connectivity index (χ2v) is 6.24. The van der Waals surface area contributed by atoms with Gasteiger partial charge in [-0.25, -0.2) is 0 Å². The average Bonchev–Trinajstić information content (AvgIpc) is 2.56. The molecule has 1 atom stereocenters. The van der Waals surface area contributed by atoms with Crippen LogP contribution in [0.5, 0.6) is 0 Å². The van der Waals surface area contributed by atoms with Gasteiger partial charge in [0, 0.05) is 18.8 Å². The van der Waals surface area contributed by atoms with Crippen molar-refractivity contribution in [3.63, 3.8) is 0 Å². The molecule has 2 nitrogen and oxygen atoms in total. The van der Waals surface area contributed by atoms with Gasteiger partial charge < -0.3 is 11.1 Å². The molecule has 128 valence electrons. The van der Waals surface area contributed by atoms with Gasteiger partial charge in [-0.05, 0) is 44.9 Å². The number of nitrogens with one attached hydrogen (secondary N) is 1. The molecule has 0 bridgehead atoms. The van der Waals surface area contributed by atoms with E-state index in [9.17, 15) is 0 Å². The van der Waals surface area contributed by atoms with E-state index < -0.39 is 0 Å². The monoisotopic (exact) mass is 314 g/mol. The first-order valence-corrected chi connectivity index (χ1v) is 8.98. The highest BCUT2D eigenvalue weighted by Gasteiger charge is 2.07. The van der Waals surface area contributed by atoms with Crippen LogP contribution in [0.2, 0.25) is 0 Å². The van der Waals surface area contributed by atoms with E-state index in [1.165, 1.54) is 36.1 Å². The van der Waals surface area contributed by atoms with Gasteiger partial charge in [0.05, 0.1) is 0 Å². The molecule has 1 unspecified atom stereocenters. The smallest absolute Gasteiger partial charge is 0.0207 e. The Morgan fingerprint density at radius 1 is 1.39 bits per heavy atom. The van der Waals surface area contributed by atoms with Crippen LogP contribution in [-0.2, 0) is 0 Å². The van der Waals surface area contributed by atoms with Crippen LogP contribution >= 0.6 is 0 Å². The molecular weight excluding hydrogens is 280 g/mol. The van der Waals surface area contributed by atoms with Crippen molar-refractivity contribution < 1.29 is 0 Å². The lowest BCUT2D eigenvalue weighted by atomic mass is 9.97. The number of allylic oxidation sites excluding steroid dienone is 7. The van der Waals surface area contributed by atoms with Crippen molar-refractivity contribution in [2.75, 3.05) is 13.1 Å². The van der Waals surface area contributed by atoms with Crippen LogP contribution in [0, 0.1) is 5.92 Å². The predicted molar refractivity (Wildman–Crippen MR) is 103 cm³/mol. The second-order valence-electron chi connectivity index (χ2n) is 6.24. The Morgan fingerprint density at radius 2 is 2.22 bits per heavy atom. The lowest BCUT2D eigenvalue weighted by Crippen LogP contribution is -2.22. The number of unbranched alkanes of at least 4 members (excludes halogenated alkanes) is 1. The molecular formula is C21H34N2. The minimum absolute atomic E-state index is 0.595. The maximum absolute atomic E-state index is 5.57. The Hall–Kier alpha value is -1.54. The average molecular weight is 315 g/mol. The van der Waals surface area contributed by atoms with Crippen molar-refractivity contribution in [3.05, 3.63) is 59.9 Å². The normalized spacial score (nSPS) is 24.1. The standard InChI is InChI=1S/C21H34N2/c1-4-19(15-16-22)12-9-10-14-20-13-8-6-7-11-18(3)21(5-2)23-17-20/h4,6-8,13,15,20,23H,1,5,9-12,14,16-17,22H2,2-3H3/b7-6-,13-8?,19-15-,21-18-. The second kappa shape index (κ2) is 12.0. The molecule has 3 N–H and O–H groups in total. The summed E-state index contributed by atoms with van der Waals surface area (Å²) in [5, 5.41) is 3.67. The van der Waals surface area contributed by atoms with Crippen molar-refractivity contribution in [2.24, 2.45) is 11.7 Å². The maximum Gasteiger partial charge on any atom is 0.0207 e. The highest BCUT2D eigenvalue weighted by atomic mass is 14.9. The van der Waals surface area contributed by atoms with Gasteiger partial charge in [0.25, 0.3) is 0 Å². The molecule has 0 saturated carbocycles. The summed E-state index contributed by atoms with van der Waals surface area (Å²) in [6.07, 6.45) is 19.9. The van der Waals surface area contributed by atoms with E-state index in [0.29, 0.717) is 12.5 Å². The summed E-state index contributed by atoms with van der Waals surface area (Å²) >= 11 is 0. The topological polar surface area (TPSA) is 38.0 Å². The largest absolute Gasteiger partial charge is 0.388 e. The van der Waals surface area contributed by atoms with E-state index in [-0.39, 0.29) is 0 Å². The first-order valence-electron chi connectivity index (χ1n) is 8.98. The summed E-state index contributed by atoms with van der Waals surface area (Å²) in [5.74, 6) is 0.595. The van der Waals surface area contributed by atoms with E-state index in [0.717, 1.165) is 25.8 Å². The van der Waals surface area contributed by atoms with Gasteiger partial charge in [-0.2, -0.15) is 0 Å². The Kier molecular flexibility index (Phi) is 10.1. The van der Waals surface area contributed by atoms with Crippen molar-refractivity contribution in [3.8, 4) is 0 Å².